The minimum absolute atomic E-state index is 0.00152. The quantitative estimate of drug-likeness (QED) is 0.606. The summed E-state index contributed by atoms with van der Waals surface area (Å²) in [6, 6.07) is -0.0312. The Balaban J connectivity index is 4.13. The van der Waals surface area contributed by atoms with Gasteiger partial charge in [0, 0.05) is 18.6 Å². The maximum atomic E-state index is 12.1. The van der Waals surface area contributed by atoms with E-state index < -0.39 is 5.97 Å². The van der Waals surface area contributed by atoms with Crippen LogP contribution in [-0.4, -0.2) is 40.6 Å². The Bertz CT molecular complexity index is 293. The molecule has 0 rings (SSSR count). The van der Waals surface area contributed by atoms with Crippen molar-refractivity contribution in [3.8, 4) is 0 Å². The van der Waals surface area contributed by atoms with Gasteiger partial charge in [0.1, 0.15) is 0 Å². The highest BCUT2D eigenvalue weighted by molar-refractivity contribution is 5.75. The van der Waals surface area contributed by atoms with Gasteiger partial charge in [0.25, 0.3) is 0 Å². The molecule has 0 aliphatic heterocycles. The number of carboxylic acids is 1. The van der Waals surface area contributed by atoms with Crippen LogP contribution in [0, 0.1) is 0 Å². The Morgan fingerprint density at radius 1 is 1.15 bits per heavy atom. The summed E-state index contributed by atoms with van der Waals surface area (Å²) in [5, 5.41) is 11.7. The number of hydrogen-bond acceptors (Lipinski definition) is 2. The summed E-state index contributed by atoms with van der Waals surface area (Å²) in [6.07, 6.45) is 5.71. The molecule has 1 unspecified atom stereocenters. The number of carbonyl (C=O) groups excluding carboxylic acids is 1. The van der Waals surface area contributed by atoms with Crippen LogP contribution in [0.4, 0.5) is 4.79 Å². The van der Waals surface area contributed by atoms with E-state index in [0.29, 0.717) is 0 Å². The zero-order valence-corrected chi connectivity index (χ0v) is 13.3. The first-order valence-corrected chi connectivity index (χ1v) is 7.67. The van der Waals surface area contributed by atoms with Gasteiger partial charge in [0.05, 0.1) is 6.42 Å². The van der Waals surface area contributed by atoms with E-state index in [1.165, 1.54) is 19.3 Å². The van der Waals surface area contributed by atoms with Crippen molar-refractivity contribution >= 4 is 12.0 Å². The third-order valence-electron chi connectivity index (χ3n) is 3.31. The smallest absolute Gasteiger partial charge is 0.317 e. The SMILES string of the molecule is CCCCCCC(C)NC(=O)N(CCC(=O)O)C(C)C. The molecule has 0 aliphatic carbocycles. The van der Waals surface area contributed by atoms with Gasteiger partial charge in [0.2, 0.25) is 0 Å². The summed E-state index contributed by atoms with van der Waals surface area (Å²) in [7, 11) is 0. The lowest BCUT2D eigenvalue weighted by molar-refractivity contribution is -0.137. The van der Waals surface area contributed by atoms with Crippen molar-refractivity contribution in [1.29, 1.82) is 0 Å². The van der Waals surface area contributed by atoms with Crippen LogP contribution in [0.25, 0.3) is 0 Å². The van der Waals surface area contributed by atoms with Gasteiger partial charge in [-0.1, -0.05) is 32.6 Å². The number of urea groups is 1. The molecule has 5 heteroatoms. The van der Waals surface area contributed by atoms with Crippen LogP contribution in [0.15, 0.2) is 0 Å². The number of nitrogens with one attached hydrogen (secondary N) is 1. The second-order valence-electron chi connectivity index (χ2n) is 5.63. The molecule has 0 radical (unpaired) electrons. The predicted molar refractivity (Wildman–Crippen MR) is 80.8 cm³/mol. The average molecular weight is 286 g/mol. The minimum atomic E-state index is -0.879. The molecule has 0 bridgehead atoms. The highest BCUT2D eigenvalue weighted by Gasteiger charge is 2.19. The second kappa shape index (κ2) is 10.5. The van der Waals surface area contributed by atoms with E-state index in [9.17, 15) is 9.59 Å². The molecule has 0 saturated carbocycles. The molecule has 5 nitrogen and oxygen atoms in total. The van der Waals surface area contributed by atoms with E-state index in [0.717, 1.165) is 12.8 Å². The molecule has 0 aromatic heterocycles. The molecule has 2 N–H and O–H groups in total. The summed E-state index contributed by atoms with van der Waals surface area (Å²) >= 11 is 0. The Hall–Kier alpha value is -1.26. The highest BCUT2D eigenvalue weighted by Crippen LogP contribution is 2.07. The Morgan fingerprint density at radius 2 is 1.80 bits per heavy atom. The molecule has 2 amide bonds. The minimum Gasteiger partial charge on any atom is -0.481 e. The molecule has 0 aliphatic rings. The van der Waals surface area contributed by atoms with E-state index in [4.69, 9.17) is 5.11 Å². The number of hydrogen-bond donors (Lipinski definition) is 2. The van der Waals surface area contributed by atoms with Crippen molar-refractivity contribution in [3.63, 3.8) is 0 Å². The number of amides is 2. The fraction of sp³-hybridized carbons (Fsp3) is 0.867. The van der Waals surface area contributed by atoms with Gasteiger partial charge in [-0.15, -0.1) is 0 Å². The topological polar surface area (TPSA) is 69.6 Å². The van der Waals surface area contributed by atoms with Crippen molar-refractivity contribution in [2.75, 3.05) is 6.54 Å². The third kappa shape index (κ3) is 8.77. The van der Waals surface area contributed by atoms with Crippen molar-refractivity contribution in [2.24, 2.45) is 0 Å². The monoisotopic (exact) mass is 286 g/mol. The van der Waals surface area contributed by atoms with Gasteiger partial charge < -0.3 is 15.3 Å². The normalized spacial score (nSPS) is 12.2. The number of rotatable bonds is 10. The molecule has 0 aromatic carbocycles. The second-order valence-corrected chi connectivity index (χ2v) is 5.63. The Labute approximate surface area is 122 Å². The van der Waals surface area contributed by atoms with E-state index in [2.05, 4.69) is 12.2 Å². The van der Waals surface area contributed by atoms with Crippen LogP contribution < -0.4 is 5.32 Å². The molecule has 0 saturated heterocycles. The number of unbranched alkanes of at least 4 members (excludes halogenated alkanes) is 3. The molecule has 0 heterocycles. The number of aliphatic carboxylic acids is 1. The molecule has 1 atom stereocenters. The van der Waals surface area contributed by atoms with Crippen LogP contribution in [0.1, 0.15) is 66.2 Å². The van der Waals surface area contributed by atoms with Crippen molar-refractivity contribution < 1.29 is 14.7 Å². The summed E-state index contributed by atoms with van der Waals surface area (Å²) in [5.41, 5.74) is 0. The van der Waals surface area contributed by atoms with E-state index in [-0.39, 0.29) is 31.1 Å². The van der Waals surface area contributed by atoms with Gasteiger partial charge in [-0.2, -0.15) is 0 Å². The maximum Gasteiger partial charge on any atom is 0.317 e. The highest BCUT2D eigenvalue weighted by atomic mass is 16.4. The van der Waals surface area contributed by atoms with Crippen molar-refractivity contribution in [3.05, 3.63) is 0 Å². The van der Waals surface area contributed by atoms with Gasteiger partial charge in [0.15, 0.2) is 0 Å². The van der Waals surface area contributed by atoms with Gasteiger partial charge in [-0.05, 0) is 27.2 Å². The first-order valence-electron chi connectivity index (χ1n) is 7.67. The largest absolute Gasteiger partial charge is 0.481 e. The number of nitrogens with zero attached hydrogens (tertiary/aromatic N) is 1. The zero-order valence-electron chi connectivity index (χ0n) is 13.3. The number of carboxylic acid groups (broad SMARTS) is 1. The van der Waals surface area contributed by atoms with E-state index in [1.54, 1.807) is 4.90 Å². The van der Waals surface area contributed by atoms with Crippen molar-refractivity contribution in [2.45, 2.75) is 78.3 Å². The lowest BCUT2D eigenvalue weighted by Crippen LogP contribution is -2.47. The Kier molecular flexibility index (Phi) is 9.86. The summed E-state index contributed by atoms with van der Waals surface area (Å²) in [6.45, 7) is 8.22. The molecule has 20 heavy (non-hydrogen) atoms. The fourth-order valence-corrected chi connectivity index (χ4v) is 2.05. The van der Waals surface area contributed by atoms with Gasteiger partial charge in [-0.3, -0.25) is 4.79 Å². The Morgan fingerprint density at radius 3 is 2.30 bits per heavy atom. The van der Waals surface area contributed by atoms with Crippen LogP contribution in [0.5, 0.6) is 0 Å². The fourth-order valence-electron chi connectivity index (χ4n) is 2.05. The lowest BCUT2D eigenvalue weighted by Gasteiger charge is -2.28. The summed E-state index contributed by atoms with van der Waals surface area (Å²) < 4.78 is 0. The van der Waals surface area contributed by atoms with Crippen LogP contribution in [-0.2, 0) is 4.79 Å². The van der Waals surface area contributed by atoms with Crippen LogP contribution in [0.3, 0.4) is 0 Å². The first-order chi connectivity index (χ1) is 9.38. The molecule has 118 valence electrons. The zero-order chi connectivity index (χ0) is 15.5. The average Bonchev–Trinajstić information content (AvgIpc) is 2.34. The predicted octanol–water partition coefficient (Wildman–Crippen LogP) is 3.24. The summed E-state index contributed by atoms with van der Waals surface area (Å²) in [5.74, 6) is -0.879. The third-order valence-corrected chi connectivity index (χ3v) is 3.31. The lowest BCUT2D eigenvalue weighted by atomic mass is 10.1. The van der Waals surface area contributed by atoms with Crippen molar-refractivity contribution in [1.82, 2.24) is 10.2 Å². The standard InChI is InChI=1S/C15H30N2O3/c1-5-6-7-8-9-13(4)16-15(20)17(12(2)3)11-10-14(18)19/h12-13H,5-11H2,1-4H3,(H,16,20)(H,18,19). The van der Waals surface area contributed by atoms with E-state index >= 15 is 0 Å². The van der Waals surface area contributed by atoms with Crippen LogP contribution >= 0.6 is 0 Å². The molecule has 0 fully saturated rings. The van der Waals surface area contributed by atoms with Gasteiger partial charge in [-0.25, -0.2) is 4.79 Å². The van der Waals surface area contributed by atoms with Crippen LogP contribution in [0.2, 0.25) is 0 Å². The maximum absolute atomic E-state index is 12.1. The van der Waals surface area contributed by atoms with Gasteiger partial charge >= 0.3 is 12.0 Å². The first kappa shape index (κ1) is 18.7. The summed E-state index contributed by atoms with van der Waals surface area (Å²) in [4.78, 5) is 24.3. The molecule has 0 spiro atoms. The number of carbonyl (C=O) groups is 2. The molecule has 0 aromatic rings. The molecular formula is C15H30N2O3. The van der Waals surface area contributed by atoms with E-state index in [1.807, 2.05) is 20.8 Å². The molecular weight excluding hydrogens is 256 g/mol.